The van der Waals surface area contributed by atoms with E-state index in [4.69, 9.17) is 5.11 Å². The van der Waals surface area contributed by atoms with Gasteiger partial charge in [-0.3, -0.25) is 4.79 Å². The third kappa shape index (κ3) is 3.20. The lowest BCUT2D eigenvalue weighted by Crippen LogP contribution is -2.28. The predicted molar refractivity (Wildman–Crippen MR) is 43.8 cm³/mol. The molecule has 0 spiro atoms. The Hall–Kier alpha value is -0.740. The SMILES string of the molecule is O=C(O)C[C@H]1CC[C@H](C(F)(F)F)CC1. The lowest BCUT2D eigenvalue weighted by Gasteiger charge is -2.28. The van der Waals surface area contributed by atoms with Gasteiger partial charge in [0.2, 0.25) is 0 Å². The highest BCUT2D eigenvalue weighted by Gasteiger charge is 2.41. The van der Waals surface area contributed by atoms with Crippen LogP contribution in [-0.2, 0) is 4.79 Å². The Bertz CT molecular complexity index is 205. The largest absolute Gasteiger partial charge is 0.481 e. The Morgan fingerprint density at radius 2 is 1.71 bits per heavy atom. The number of rotatable bonds is 2. The summed E-state index contributed by atoms with van der Waals surface area (Å²) in [6, 6.07) is 0. The van der Waals surface area contributed by atoms with Gasteiger partial charge in [-0.1, -0.05) is 0 Å². The standard InChI is InChI=1S/C9H13F3O2/c10-9(11,12)7-3-1-6(2-4-7)5-8(13)14/h6-7H,1-5H2,(H,13,14)/t6-,7-. The minimum Gasteiger partial charge on any atom is -0.481 e. The minimum atomic E-state index is -4.10. The Labute approximate surface area is 80.1 Å². The first-order valence-corrected chi connectivity index (χ1v) is 4.68. The van der Waals surface area contributed by atoms with Gasteiger partial charge in [0, 0.05) is 6.42 Å². The van der Waals surface area contributed by atoms with E-state index in [1.807, 2.05) is 0 Å². The molecule has 0 heterocycles. The maximum absolute atomic E-state index is 12.2. The molecule has 0 aliphatic heterocycles. The Kier molecular flexibility index (Phi) is 3.39. The molecule has 0 atom stereocenters. The van der Waals surface area contributed by atoms with Crippen LogP contribution in [0.2, 0.25) is 0 Å². The third-order valence-electron chi connectivity index (χ3n) is 2.77. The highest BCUT2D eigenvalue weighted by molar-refractivity contribution is 5.67. The molecule has 2 nitrogen and oxygen atoms in total. The van der Waals surface area contributed by atoms with E-state index in [-0.39, 0.29) is 25.2 Å². The van der Waals surface area contributed by atoms with Crippen molar-refractivity contribution in [1.29, 1.82) is 0 Å². The van der Waals surface area contributed by atoms with E-state index in [1.165, 1.54) is 0 Å². The molecule has 1 fully saturated rings. The second-order valence-corrected chi connectivity index (χ2v) is 3.86. The van der Waals surface area contributed by atoms with E-state index in [9.17, 15) is 18.0 Å². The first kappa shape index (κ1) is 11.3. The van der Waals surface area contributed by atoms with Crippen molar-refractivity contribution in [3.8, 4) is 0 Å². The molecule has 1 rings (SSSR count). The van der Waals surface area contributed by atoms with E-state index < -0.39 is 18.1 Å². The maximum Gasteiger partial charge on any atom is 0.391 e. The molecule has 1 N–H and O–H groups in total. The smallest absolute Gasteiger partial charge is 0.391 e. The molecule has 5 heteroatoms. The van der Waals surface area contributed by atoms with E-state index in [0.29, 0.717) is 12.8 Å². The molecule has 14 heavy (non-hydrogen) atoms. The molecular formula is C9H13F3O2. The van der Waals surface area contributed by atoms with Crippen molar-refractivity contribution in [1.82, 2.24) is 0 Å². The van der Waals surface area contributed by atoms with Crippen LogP contribution >= 0.6 is 0 Å². The van der Waals surface area contributed by atoms with Crippen LogP contribution in [0.25, 0.3) is 0 Å². The van der Waals surface area contributed by atoms with Crippen molar-refractivity contribution in [3.63, 3.8) is 0 Å². The molecule has 0 amide bonds. The zero-order chi connectivity index (χ0) is 10.8. The molecular weight excluding hydrogens is 197 g/mol. The van der Waals surface area contributed by atoms with Crippen molar-refractivity contribution in [2.75, 3.05) is 0 Å². The first-order valence-electron chi connectivity index (χ1n) is 4.68. The van der Waals surface area contributed by atoms with Gasteiger partial charge in [0.05, 0.1) is 5.92 Å². The van der Waals surface area contributed by atoms with Gasteiger partial charge >= 0.3 is 12.1 Å². The highest BCUT2D eigenvalue weighted by atomic mass is 19.4. The molecule has 1 aliphatic rings. The molecule has 0 unspecified atom stereocenters. The number of hydrogen-bond donors (Lipinski definition) is 1. The average molecular weight is 210 g/mol. The van der Waals surface area contributed by atoms with Crippen LogP contribution in [0.5, 0.6) is 0 Å². The van der Waals surface area contributed by atoms with E-state index >= 15 is 0 Å². The van der Waals surface area contributed by atoms with E-state index in [1.54, 1.807) is 0 Å². The molecule has 1 saturated carbocycles. The van der Waals surface area contributed by atoms with Gasteiger partial charge < -0.3 is 5.11 Å². The van der Waals surface area contributed by atoms with Gasteiger partial charge in [-0.05, 0) is 31.6 Å². The summed E-state index contributed by atoms with van der Waals surface area (Å²) in [5.74, 6) is -2.20. The van der Waals surface area contributed by atoms with Crippen LogP contribution in [0, 0.1) is 11.8 Å². The Morgan fingerprint density at radius 1 is 1.21 bits per heavy atom. The number of alkyl halides is 3. The van der Waals surface area contributed by atoms with Crippen LogP contribution in [0.3, 0.4) is 0 Å². The zero-order valence-electron chi connectivity index (χ0n) is 7.68. The normalized spacial score (nSPS) is 28.8. The van der Waals surface area contributed by atoms with Gasteiger partial charge in [0.15, 0.2) is 0 Å². The number of carbonyl (C=O) groups is 1. The van der Waals surface area contributed by atoms with Crippen LogP contribution in [0.15, 0.2) is 0 Å². The molecule has 0 radical (unpaired) electrons. The van der Waals surface area contributed by atoms with E-state index in [0.717, 1.165) is 0 Å². The molecule has 1 aliphatic carbocycles. The number of carboxylic acids is 1. The summed E-state index contributed by atoms with van der Waals surface area (Å²) < 4.78 is 36.6. The number of hydrogen-bond acceptors (Lipinski definition) is 1. The van der Waals surface area contributed by atoms with Gasteiger partial charge in [-0.2, -0.15) is 13.2 Å². The van der Waals surface area contributed by atoms with Crippen molar-refractivity contribution >= 4 is 5.97 Å². The average Bonchev–Trinajstić information content (AvgIpc) is 2.02. The fourth-order valence-corrected chi connectivity index (χ4v) is 1.94. The van der Waals surface area contributed by atoms with Crippen molar-refractivity contribution in [2.24, 2.45) is 11.8 Å². The summed E-state index contributed by atoms with van der Waals surface area (Å²) in [6.07, 6.45) is -3.16. The van der Waals surface area contributed by atoms with Gasteiger partial charge in [0.1, 0.15) is 0 Å². The Morgan fingerprint density at radius 3 is 2.07 bits per heavy atom. The molecule has 82 valence electrons. The maximum atomic E-state index is 12.2. The lowest BCUT2D eigenvalue weighted by atomic mass is 9.80. The van der Waals surface area contributed by atoms with E-state index in [2.05, 4.69) is 0 Å². The van der Waals surface area contributed by atoms with Crippen LogP contribution in [0.4, 0.5) is 13.2 Å². The van der Waals surface area contributed by atoms with Crippen molar-refractivity contribution in [2.45, 2.75) is 38.3 Å². The van der Waals surface area contributed by atoms with Gasteiger partial charge in [0.25, 0.3) is 0 Å². The number of aliphatic carboxylic acids is 1. The first-order chi connectivity index (χ1) is 6.39. The zero-order valence-corrected chi connectivity index (χ0v) is 7.68. The molecule has 0 aromatic rings. The number of carboxylic acid groups (broad SMARTS) is 1. The summed E-state index contributed by atoms with van der Waals surface area (Å²) in [5.41, 5.74) is 0. The second kappa shape index (κ2) is 4.19. The van der Waals surface area contributed by atoms with Crippen LogP contribution in [-0.4, -0.2) is 17.3 Å². The third-order valence-corrected chi connectivity index (χ3v) is 2.77. The monoisotopic (exact) mass is 210 g/mol. The fourth-order valence-electron chi connectivity index (χ4n) is 1.94. The summed E-state index contributed by atoms with van der Waals surface area (Å²) in [4.78, 5) is 10.3. The summed E-state index contributed by atoms with van der Waals surface area (Å²) in [5, 5.41) is 8.47. The molecule has 0 aromatic carbocycles. The summed E-state index contributed by atoms with van der Waals surface area (Å²) >= 11 is 0. The predicted octanol–water partition coefficient (Wildman–Crippen LogP) is 2.83. The van der Waals surface area contributed by atoms with Crippen LogP contribution in [0.1, 0.15) is 32.1 Å². The quantitative estimate of drug-likeness (QED) is 0.760. The summed E-state index contributed by atoms with van der Waals surface area (Å²) in [7, 11) is 0. The van der Waals surface area contributed by atoms with Crippen molar-refractivity contribution in [3.05, 3.63) is 0 Å². The van der Waals surface area contributed by atoms with Gasteiger partial charge in [-0.15, -0.1) is 0 Å². The fraction of sp³-hybridized carbons (Fsp3) is 0.889. The topological polar surface area (TPSA) is 37.3 Å². The second-order valence-electron chi connectivity index (χ2n) is 3.86. The van der Waals surface area contributed by atoms with Gasteiger partial charge in [-0.25, -0.2) is 0 Å². The molecule has 0 bridgehead atoms. The summed E-state index contributed by atoms with van der Waals surface area (Å²) in [6.45, 7) is 0. The molecule has 0 saturated heterocycles. The number of halogens is 3. The highest BCUT2D eigenvalue weighted by Crippen LogP contribution is 2.40. The minimum absolute atomic E-state index is 0.00454. The Balaban J connectivity index is 2.35. The lowest BCUT2D eigenvalue weighted by molar-refractivity contribution is -0.184. The molecule has 0 aromatic heterocycles. The van der Waals surface area contributed by atoms with Crippen molar-refractivity contribution < 1.29 is 23.1 Å². The van der Waals surface area contributed by atoms with Crippen LogP contribution < -0.4 is 0 Å².